The van der Waals surface area contributed by atoms with Crippen molar-refractivity contribution >= 4 is 12.1 Å². The Morgan fingerprint density at radius 1 is 1.00 bits per heavy atom. The van der Waals surface area contributed by atoms with Gasteiger partial charge in [0.05, 0.1) is 0 Å². The number of hydrogen-bond donors (Lipinski definition) is 0. The minimum atomic E-state index is -0.187. The SMILES string of the molecule is C[C@H](C=O)c1cccc(C(=O)c2ccccc2)c1. The van der Waals surface area contributed by atoms with E-state index in [1.165, 1.54) is 0 Å². The lowest BCUT2D eigenvalue weighted by Crippen LogP contribution is -2.03. The van der Waals surface area contributed by atoms with Crippen LogP contribution in [0.1, 0.15) is 34.3 Å². The monoisotopic (exact) mass is 238 g/mol. The van der Waals surface area contributed by atoms with Crippen molar-refractivity contribution in [2.75, 3.05) is 0 Å². The Labute approximate surface area is 106 Å². The molecule has 0 spiro atoms. The molecule has 90 valence electrons. The van der Waals surface area contributed by atoms with Gasteiger partial charge in [0.1, 0.15) is 6.29 Å². The van der Waals surface area contributed by atoms with Gasteiger partial charge in [-0.15, -0.1) is 0 Å². The summed E-state index contributed by atoms with van der Waals surface area (Å²) in [6.07, 6.45) is 0.881. The maximum absolute atomic E-state index is 12.2. The lowest BCUT2D eigenvalue weighted by molar-refractivity contribution is -0.108. The van der Waals surface area contributed by atoms with Crippen LogP contribution in [0.15, 0.2) is 54.6 Å². The molecule has 0 aliphatic heterocycles. The number of ketones is 1. The van der Waals surface area contributed by atoms with Gasteiger partial charge in [0.2, 0.25) is 0 Å². The molecular weight excluding hydrogens is 224 g/mol. The van der Waals surface area contributed by atoms with Crippen molar-refractivity contribution in [2.24, 2.45) is 0 Å². The third-order valence-corrected chi connectivity index (χ3v) is 2.91. The van der Waals surface area contributed by atoms with Crippen molar-refractivity contribution in [2.45, 2.75) is 12.8 Å². The number of carbonyl (C=O) groups is 2. The summed E-state index contributed by atoms with van der Waals surface area (Å²) in [5, 5.41) is 0. The average molecular weight is 238 g/mol. The minimum absolute atomic E-state index is 0.0180. The number of rotatable bonds is 4. The Balaban J connectivity index is 2.34. The molecule has 0 aliphatic rings. The molecule has 0 saturated carbocycles. The molecule has 0 fully saturated rings. The minimum Gasteiger partial charge on any atom is -0.303 e. The van der Waals surface area contributed by atoms with E-state index in [4.69, 9.17) is 0 Å². The fourth-order valence-electron chi connectivity index (χ4n) is 1.80. The van der Waals surface area contributed by atoms with Gasteiger partial charge in [0, 0.05) is 17.0 Å². The van der Waals surface area contributed by atoms with E-state index < -0.39 is 0 Å². The highest BCUT2D eigenvalue weighted by molar-refractivity contribution is 6.09. The first-order valence-electron chi connectivity index (χ1n) is 5.87. The van der Waals surface area contributed by atoms with Crippen LogP contribution in [0, 0.1) is 0 Å². The lowest BCUT2D eigenvalue weighted by Gasteiger charge is -2.06. The molecule has 0 heterocycles. The highest BCUT2D eigenvalue weighted by Crippen LogP contribution is 2.17. The Bertz CT molecular complexity index is 558. The summed E-state index contributed by atoms with van der Waals surface area (Å²) in [7, 11) is 0. The number of aldehydes is 1. The van der Waals surface area contributed by atoms with Gasteiger partial charge in [-0.1, -0.05) is 55.5 Å². The molecule has 18 heavy (non-hydrogen) atoms. The van der Waals surface area contributed by atoms with Crippen LogP contribution in [0.4, 0.5) is 0 Å². The largest absolute Gasteiger partial charge is 0.303 e. The van der Waals surface area contributed by atoms with E-state index in [1.54, 1.807) is 24.3 Å². The van der Waals surface area contributed by atoms with Gasteiger partial charge < -0.3 is 4.79 Å². The van der Waals surface area contributed by atoms with Gasteiger partial charge in [0.15, 0.2) is 5.78 Å². The van der Waals surface area contributed by atoms with E-state index in [0.29, 0.717) is 11.1 Å². The van der Waals surface area contributed by atoms with Crippen LogP contribution in [-0.4, -0.2) is 12.1 Å². The Morgan fingerprint density at radius 3 is 2.33 bits per heavy atom. The Morgan fingerprint density at radius 2 is 1.67 bits per heavy atom. The second-order valence-corrected chi connectivity index (χ2v) is 4.25. The predicted molar refractivity (Wildman–Crippen MR) is 70.8 cm³/mol. The van der Waals surface area contributed by atoms with Gasteiger partial charge in [-0.2, -0.15) is 0 Å². The topological polar surface area (TPSA) is 34.1 Å². The predicted octanol–water partition coefficient (Wildman–Crippen LogP) is 3.22. The molecule has 2 rings (SSSR count). The van der Waals surface area contributed by atoms with Crippen LogP contribution in [0.25, 0.3) is 0 Å². The standard InChI is InChI=1S/C16H14O2/c1-12(11-17)14-8-5-9-15(10-14)16(18)13-6-3-2-4-7-13/h2-12H,1H3/t12-/m1/s1. The van der Waals surface area contributed by atoms with Gasteiger partial charge in [-0.25, -0.2) is 0 Å². The number of carbonyl (C=O) groups excluding carboxylic acids is 2. The second-order valence-electron chi connectivity index (χ2n) is 4.25. The first-order chi connectivity index (χ1) is 8.72. The molecule has 0 saturated heterocycles. The van der Waals surface area contributed by atoms with Crippen LogP contribution in [0.3, 0.4) is 0 Å². The zero-order chi connectivity index (χ0) is 13.0. The fourth-order valence-corrected chi connectivity index (χ4v) is 1.80. The summed E-state index contributed by atoms with van der Waals surface area (Å²) in [6, 6.07) is 16.4. The first kappa shape index (κ1) is 12.2. The molecule has 2 heteroatoms. The molecule has 0 aromatic heterocycles. The van der Waals surface area contributed by atoms with E-state index in [1.807, 2.05) is 37.3 Å². The maximum Gasteiger partial charge on any atom is 0.193 e. The molecule has 0 aliphatic carbocycles. The molecule has 0 radical (unpaired) electrons. The third-order valence-electron chi connectivity index (χ3n) is 2.91. The number of benzene rings is 2. The molecule has 0 unspecified atom stereocenters. The van der Waals surface area contributed by atoms with Crippen LogP contribution >= 0.6 is 0 Å². The van der Waals surface area contributed by atoms with Crippen LogP contribution in [0.5, 0.6) is 0 Å². The van der Waals surface area contributed by atoms with Gasteiger partial charge in [-0.05, 0) is 11.6 Å². The number of hydrogen-bond acceptors (Lipinski definition) is 2. The van der Waals surface area contributed by atoms with Gasteiger partial charge in [-0.3, -0.25) is 4.79 Å². The van der Waals surface area contributed by atoms with Crippen molar-refractivity contribution < 1.29 is 9.59 Å². The third kappa shape index (κ3) is 2.54. The van der Waals surface area contributed by atoms with Crippen molar-refractivity contribution in [1.82, 2.24) is 0 Å². The first-order valence-corrected chi connectivity index (χ1v) is 5.87. The van der Waals surface area contributed by atoms with E-state index in [9.17, 15) is 9.59 Å². The van der Waals surface area contributed by atoms with E-state index >= 15 is 0 Å². The fraction of sp³-hybridized carbons (Fsp3) is 0.125. The summed E-state index contributed by atoms with van der Waals surface area (Å²) < 4.78 is 0. The zero-order valence-electron chi connectivity index (χ0n) is 10.2. The van der Waals surface area contributed by atoms with Crippen LogP contribution in [-0.2, 0) is 4.79 Å². The summed E-state index contributed by atoms with van der Waals surface area (Å²) >= 11 is 0. The highest BCUT2D eigenvalue weighted by atomic mass is 16.1. The van der Waals surface area contributed by atoms with Gasteiger partial charge >= 0.3 is 0 Å². The molecular formula is C16H14O2. The van der Waals surface area contributed by atoms with Crippen molar-refractivity contribution in [3.8, 4) is 0 Å². The van der Waals surface area contributed by atoms with E-state index in [-0.39, 0.29) is 11.7 Å². The van der Waals surface area contributed by atoms with E-state index in [0.717, 1.165) is 11.8 Å². The zero-order valence-corrected chi connectivity index (χ0v) is 10.2. The molecule has 1 atom stereocenters. The van der Waals surface area contributed by atoms with Crippen molar-refractivity contribution in [3.05, 3.63) is 71.3 Å². The van der Waals surface area contributed by atoms with Crippen molar-refractivity contribution in [1.29, 1.82) is 0 Å². The normalized spacial score (nSPS) is 11.8. The second kappa shape index (κ2) is 5.41. The Hall–Kier alpha value is -2.22. The molecule has 0 amide bonds. The summed E-state index contributed by atoms with van der Waals surface area (Å²) in [4.78, 5) is 23.0. The quantitative estimate of drug-likeness (QED) is 0.605. The molecule has 2 aromatic rings. The Kier molecular flexibility index (Phi) is 3.68. The van der Waals surface area contributed by atoms with Crippen LogP contribution < -0.4 is 0 Å². The highest BCUT2D eigenvalue weighted by Gasteiger charge is 2.10. The lowest BCUT2D eigenvalue weighted by atomic mass is 9.96. The maximum atomic E-state index is 12.2. The average Bonchev–Trinajstić information content (AvgIpc) is 2.46. The summed E-state index contributed by atoms with van der Waals surface area (Å²) in [5.41, 5.74) is 2.15. The summed E-state index contributed by atoms with van der Waals surface area (Å²) in [5.74, 6) is -0.205. The van der Waals surface area contributed by atoms with E-state index in [2.05, 4.69) is 0 Å². The molecule has 0 N–H and O–H groups in total. The molecule has 0 bridgehead atoms. The smallest absolute Gasteiger partial charge is 0.193 e. The molecule has 2 aromatic carbocycles. The molecule has 2 nitrogen and oxygen atoms in total. The summed E-state index contributed by atoms with van der Waals surface area (Å²) in [6.45, 7) is 1.82. The van der Waals surface area contributed by atoms with Crippen molar-refractivity contribution in [3.63, 3.8) is 0 Å². The van der Waals surface area contributed by atoms with Crippen LogP contribution in [0.2, 0.25) is 0 Å². The van der Waals surface area contributed by atoms with Gasteiger partial charge in [0.25, 0.3) is 0 Å².